The Hall–Kier alpha value is -1.22. The summed E-state index contributed by atoms with van der Waals surface area (Å²) in [7, 11) is -3.35. The Bertz CT molecular complexity index is 686. The normalized spacial score (nSPS) is 18.1. The van der Waals surface area contributed by atoms with E-state index in [2.05, 4.69) is 10.1 Å². The molecule has 0 radical (unpaired) electrons. The molecular formula is C13H17N3O3S2. The number of sulfonamides is 1. The summed E-state index contributed by atoms with van der Waals surface area (Å²) in [6, 6.07) is 3.52. The molecule has 0 saturated carbocycles. The zero-order valence-corrected chi connectivity index (χ0v) is 13.4. The van der Waals surface area contributed by atoms with Gasteiger partial charge in [0.05, 0.1) is 17.6 Å². The topological polar surface area (TPSA) is 66.7 Å². The van der Waals surface area contributed by atoms with Gasteiger partial charge in [-0.2, -0.15) is 4.31 Å². The molecule has 0 spiro atoms. The minimum absolute atomic E-state index is 0.441. The zero-order valence-electron chi connectivity index (χ0n) is 11.7. The molecular weight excluding hydrogens is 310 g/mol. The third-order valence-corrected chi connectivity index (χ3v) is 6.65. The van der Waals surface area contributed by atoms with Gasteiger partial charge in [-0.25, -0.2) is 8.42 Å². The molecule has 1 aliphatic heterocycles. The van der Waals surface area contributed by atoms with E-state index < -0.39 is 10.0 Å². The van der Waals surface area contributed by atoms with Gasteiger partial charge in [0.25, 0.3) is 0 Å². The van der Waals surface area contributed by atoms with Crippen LogP contribution in [0.2, 0.25) is 0 Å². The van der Waals surface area contributed by atoms with Gasteiger partial charge < -0.3 is 4.52 Å². The van der Waals surface area contributed by atoms with E-state index in [1.807, 2.05) is 18.4 Å². The lowest BCUT2D eigenvalue weighted by molar-refractivity contribution is 0.166. The highest BCUT2D eigenvalue weighted by atomic mass is 32.2. The van der Waals surface area contributed by atoms with Crippen molar-refractivity contribution in [3.8, 4) is 0 Å². The largest absolute Gasteiger partial charge is 0.360 e. The van der Waals surface area contributed by atoms with Crippen LogP contribution in [0.4, 0.5) is 0 Å². The molecule has 6 nitrogen and oxygen atoms in total. The number of aryl methyl sites for hydroxylation is 1. The first-order valence-electron chi connectivity index (χ1n) is 6.73. The quantitative estimate of drug-likeness (QED) is 0.852. The lowest BCUT2D eigenvalue weighted by atomic mass is 10.3. The predicted octanol–water partition coefficient (Wildman–Crippen LogP) is 1.55. The third kappa shape index (κ3) is 3.03. The minimum Gasteiger partial charge on any atom is -0.360 e. The highest BCUT2D eigenvalue weighted by Gasteiger charge is 2.30. The predicted molar refractivity (Wildman–Crippen MR) is 79.6 cm³/mol. The summed E-state index contributed by atoms with van der Waals surface area (Å²) in [4.78, 5) is 3.46. The Labute approximate surface area is 128 Å². The molecule has 0 aliphatic carbocycles. The van der Waals surface area contributed by atoms with Gasteiger partial charge >= 0.3 is 0 Å². The van der Waals surface area contributed by atoms with E-state index >= 15 is 0 Å². The fourth-order valence-corrected chi connectivity index (χ4v) is 5.12. The maximum absolute atomic E-state index is 12.6. The number of thiophene rings is 1. The fraction of sp³-hybridized carbons (Fsp3) is 0.462. The first kappa shape index (κ1) is 14.7. The molecule has 8 heteroatoms. The lowest BCUT2D eigenvalue weighted by Gasteiger charge is -2.33. The molecule has 1 saturated heterocycles. The second kappa shape index (κ2) is 5.88. The SMILES string of the molecule is Cc1sccc1S(=O)(=O)N1CCN(Cc2ccno2)CC1. The van der Waals surface area contributed by atoms with Gasteiger partial charge in [-0.15, -0.1) is 11.3 Å². The van der Waals surface area contributed by atoms with Crippen LogP contribution in [-0.2, 0) is 16.6 Å². The Morgan fingerprint density at radius 3 is 2.62 bits per heavy atom. The number of rotatable bonds is 4. The zero-order chi connectivity index (χ0) is 14.9. The van der Waals surface area contributed by atoms with E-state index in [4.69, 9.17) is 4.52 Å². The second-order valence-electron chi connectivity index (χ2n) is 5.00. The number of aromatic nitrogens is 1. The summed E-state index contributed by atoms with van der Waals surface area (Å²) < 4.78 is 31.8. The first-order chi connectivity index (χ1) is 10.1. The molecule has 0 N–H and O–H groups in total. The summed E-state index contributed by atoms with van der Waals surface area (Å²) in [6.45, 7) is 4.92. The lowest BCUT2D eigenvalue weighted by Crippen LogP contribution is -2.48. The molecule has 1 aliphatic rings. The van der Waals surface area contributed by atoms with Crippen molar-refractivity contribution in [1.82, 2.24) is 14.4 Å². The van der Waals surface area contributed by atoms with Crippen LogP contribution in [-0.4, -0.2) is 49.0 Å². The van der Waals surface area contributed by atoms with E-state index in [0.29, 0.717) is 37.6 Å². The van der Waals surface area contributed by atoms with Gasteiger partial charge in [-0.05, 0) is 18.4 Å². The van der Waals surface area contributed by atoms with Crippen molar-refractivity contribution in [3.05, 3.63) is 34.3 Å². The molecule has 2 aromatic heterocycles. The van der Waals surface area contributed by atoms with Gasteiger partial charge in [0.1, 0.15) is 0 Å². The maximum atomic E-state index is 12.6. The Balaban J connectivity index is 1.64. The third-order valence-electron chi connectivity index (χ3n) is 3.63. The average Bonchev–Trinajstić information content (AvgIpc) is 3.11. The van der Waals surface area contributed by atoms with Gasteiger partial charge in [0.2, 0.25) is 10.0 Å². The molecule has 3 rings (SSSR count). The highest BCUT2D eigenvalue weighted by Crippen LogP contribution is 2.25. The molecule has 3 heterocycles. The van der Waals surface area contributed by atoms with E-state index in [-0.39, 0.29) is 0 Å². The standard InChI is InChI=1S/C13H17N3O3S2/c1-11-13(3-9-20-11)21(17,18)16-7-5-15(6-8-16)10-12-2-4-14-19-12/h2-4,9H,5-8,10H2,1H3. The smallest absolute Gasteiger partial charge is 0.244 e. The molecule has 114 valence electrons. The summed E-state index contributed by atoms with van der Waals surface area (Å²) in [5.74, 6) is 0.806. The molecule has 2 aromatic rings. The van der Waals surface area contributed by atoms with Crippen molar-refractivity contribution in [3.63, 3.8) is 0 Å². The molecule has 0 amide bonds. The van der Waals surface area contributed by atoms with E-state index in [1.165, 1.54) is 11.3 Å². The molecule has 1 fully saturated rings. The monoisotopic (exact) mass is 327 g/mol. The Morgan fingerprint density at radius 1 is 1.29 bits per heavy atom. The number of nitrogens with zero attached hydrogens (tertiary/aromatic N) is 3. The molecule has 0 atom stereocenters. The van der Waals surface area contributed by atoms with Crippen LogP contribution in [0.5, 0.6) is 0 Å². The molecule has 0 unspecified atom stereocenters. The van der Waals surface area contributed by atoms with Crippen molar-refractivity contribution < 1.29 is 12.9 Å². The van der Waals surface area contributed by atoms with E-state index in [1.54, 1.807) is 16.6 Å². The molecule has 0 aromatic carbocycles. The molecule has 21 heavy (non-hydrogen) atoms. The van der Waals surface area contributed by atoms with Crippen LogP contribution in [0.3, 0.4) is 0 Å². The minimum atomic E-state index is -3.35. The van der Waals surface area contributed by atoms with Crippen LogP contribution < -0.4 is 0 Å². The van der Waals surface area contributed by atoms with Crippen molar-refractivity contribution in [2.45, 2.75) is 18.4 Å². The fourth-order valence-electron chi connectivity index (χ4n) is 2.45. The van der Waals surface area contributed by atoms with Crippen LogP contribution in [0, 0.1) is 6.92 Å². The van der Waals surface area contributed by atoms with Crippen LogP contribution in [0.1, 0.15) is 10.6 Å². The van der Waals surface area contributed by atoms with Gasteiger partial charge in [-0.1, -0.05) is 5.16 Å². The van der Waals surface area contributed by atoms with Crippen molar-refractivity contribution >= 4 is 21.4 Å². The second-order valence-corrected chi connectivity index (χ2v) is 8.03. The van der Waals surface area contributed by atoms with Crippen molar-refractivity contribution in [2.24, 2.45) is 0 Å². The van der Waals surface area contributed by atoms with E-state index in [0.717, 1.165) is 10.6 Å². The van der Waals surface area contributed by atoms with Crippen molar-refractivity contribution in [2.75, 3.05) is 26.2 Å². The summed E-state index contributed by atoms with van der Waals surface area (Å²) in [5.41, 5.74) is 0. The Morgan fingerprint density at radius 2 is 2.05 bits per heavy atom. The van der Waals surface area contributed by atoms with Crippen LogP contribution >= 0.6 is 11.3 Å². The number of piperazine rings is 1. The van der Waals surface area contributed by atoms with Gasteiger partial charge in [0, 0.05) is 37.1 Å². The summed E-state index contributed by atoms with van der Waals surface area (Å²) in [6.07, 6.45) is 1.62. The Kier molecular flexibility index (Phi) is 4.12. The number of hydrogen-bond acceptors (Lipinski definition) is 6. The van der Waals surface area contributed by atoms with Crippen LogP contribution in [0.25, 0.3) is 0 Å². The summed E-state index contributed by atoms with van der Waals surface area (Å²) in [5, 5.41) is 5.50. The van der Waals surface area contributed by atoms with Gasteiger partial charge in [-0.3, -0.25) is 4.90 Å². The average molecular weight is 327 g/mol. The summed E-state index contributed by atoms with van der Waals surface area (Å²) >= 11 is 1.46. The molecule has 0 bridgehead atoms. The van der Waals surface area contributed by atoms with Gasteiger partial charge in [0.15, 0.2) is 5.76 Å². The van der Waals surface area contributed by atoms with E-state index in [9.17, 15) is 8.42 Å². The highest BCUT2D eigenvalue weighted by molar-refractivity contribution is 7.89. The first-order valence-corrected chi connectivity index (χ1v) is 9.05. The van der Waals surface area contributed by atoms with Crippen LogP contribution in [0.15, 0.2) is 33.1 Å². The maximum Gasteiger partial charge on any atom is 0.244 e. The van der Waals surface area contributed by atoms with Crippen molar-refractivity contribution in [1.29, 1.82) is 0 Å². The number of hydrogen-bond donors (Lipinski definition) is 0.